The number of nitrogens with one attached hydrogen (secondary N) is 2. The molecule has 1 saturated carbocycles. The van der Waals surface area contributed by atoms with Gasteiger partial charge in [0.2, 0.25) is 5.91 Å². The molecule has 6 heteroatoms. The van der Waals surface area contributed by atoms with Gasteiger partial charge in [-0.3, -0.25) is 4.79 Å². The van der Waals surface area contributed by atoms with E-state index < -0.39 is 0 Å². The van der Waals surface area contributed by atoms with Gasteiger partial charge >= 0.3 is 0 Å². The van der Waals surface area contributed by atoms with Gasteiger partial charge in [-0.05, 0) is 43.2 Å². The summed E-state index contributed by atoms with van der Waals surface area (Å²) >= 11 is 0. The van der Waals surface area contributed by atoms with Gasteiger partial charge in [-0.15, -0.1) is 0 Å². The van der Waals surface area contributed by atoms with Gasteiger partial charge < -0.3 is 15.2 Å². The first-order valence-electron chi connectivity index (χ1n) is 9.26. The molecule has 4 rings (SSSR count). The number of aromatic nitrogens is 3. The van der Waals surface area contributed by atoms with E-state index in [9.17, 15) is 4.79 Å². The van der Waals surface area contributed by atoms with Gasteiger partial charge in [0, 0.05) is 25.3 Å². The molecule has 2 aromatic heterocycles. The van der Waals surface area contributed by atoms with E-state index in [0.717, 1.165) is 36.2 Å². The van der Waals surface area contributed by atoms with Gasteiger partial charge in [0.15, 0.2) is 0 Å². The van der Waals surface area contributed by atoms with E-state index in [1.54, 1.807) is 6.33 Å². The quantitative estimate of drug-likeness (QED) is 0.839. The maximum Gasteiger partial charge on any atom is 0.246 e. The summed E-state index contributed by atoms with van der Waals surface area (Å²) in [7, 11) is 0. The van der Waals surface area contributed by atoms with E-state index in [1.165, 1.54) is 37.3 Å². The monoisotopic (exact) mass is 339 g/mol. The van der Waals surface area contributed by atoms with Crippen LogP contribution in [0.2, 0.25) is 0 Å². The fraction of sp³-hybridized carbons (Fsp3) is 0.526. The molecule has 3 heterocycles. The molecule has 2 aromatic rings. The highest BCUT2D eigenvalue weighted by Gasteiger charge is 2.26. The van der Waals surface area contributed by atoms with Crippen molar-refractivity contribution in [3.63, 3.8) is 0 Å². The molecule has 2 N–H and O–H groups in total. The number of nitrogens with zero attached hydrogens (tertiary/aromatic N) is 3. The molecule has 0 spiro atoms. The molecule has 1 aliphatic carbocycles. The minimum atomic E-state index is 0.00706. The standard InChI is InChI=1S/C19H25N5O/c1-2-16(25)24-9-5-8-14(11-24)23-19-17-15(13-6-3-4-7-13)10-20-18(17)21-12-22-19/h2,10,12-14H,1,3-9,11H2,(H2,20,21,22,23). The second kappa shape index (κ2) is 6.86. The Labute approximate surface area is 147 Å². The summed E-state index contributed by atoms with van der Waals surface area (Å²) in [6.07, 6.45) is 12.2. The van der Waals surface area contributed by atoms with Crippen LogP contribution in [0.1, 0.15) is 50.0 Å². The molecule has 1 saturated heterocycles. The summed E-state index contributed by atoms with van der Waals surface area (Å²) in [6.45, 7) is 5.10. The summed E-state index contributed by atoms with van der Waals surface area (Å²) < 4.78 is 0. The molecule has 2 fully saturated rings. The second-order valence-corrected chi connectivity index (χ2v) is 7.14. The molecule has 132 valence electrons. The van der Waals surface area contributed by atoms with Crippen LogP contribution in [0.3, 0.4) is 0 Å². The number of anilines is 1. The Morgan fingerprint density at radius 3 is 2.92 bits per heavy atom. The average molecular weight is 339 g/mol. The molecule has 25 heavy (non-hydrogen) atoms. The van der Waals surface area contributed by atoms with E-state index in [0.29, 0.717) is 12.5 Å². The summed E-state index contributed by atoms with van der Waals surface area (Å²) in [4.78, 5) is 26.0. The fourth-order valence-corrected chi connectivity index (χ4v) is 4.27. The Hall–Kier alpha value is -2.37. The molecule has 1 aliphatic heterocycles. The molecule has 0 aromatic carbocycles. The van der Waals surface area contributed by atoms with Gasteiger partial charge in [0.05, 0.1) is 5.39 Å². The average Bonchev–Trinajstić information content (AvgIpc) is 3.31. The Balaban J connectivity index is 1.59. The van der Waals surface area contributed by atoms with Crippen molar-refractivity contribution in [2.75, 3.05) is 18.4 Å². The molecular formula is C19H25N5O. The fourth-order valence-electron chi connectivity index (χ4n) is 4.27. The third kappa shape index (κ3) is 3.13. The Morgan fingerprint density at radius 2 is 2.12 bits per heavy atom. The van der Waals surface area contributed by atoms with Crippen LogP contribution in [0, 0.1) is 0 Å². The van der Waals surface area contributed by atoms with Crippen molar-refractivity contribution in [3.05, 3.63) is 30.7 Å². The molecule has 1 atom stereocenters. The number of carbonyl (C=O) groups excluding carboxylic acids is 1. The zero-order chi connectivity index (χ0) is 17.2. The van der Waals surface area contributed by atoms with E-state index in [2.05, 4.69) is 33.0 Å². The number of piperidine rings is 1. The summed E-state index contributed by atoms with van der Waals surface area (Å²) in [5.41, 5.74) is 2.24. The van der Waals surface area contributed by atoms with Gasteiger partial charge in [0.25, 0.3) is 0 Å². The van der Waals surface area contributed by atoms with Crippen LogP contribution in [-0.4, -0.2) is 44.9 Å². The zero-order valence-corrected chi connectivity index (χ0v) is 14.5. The largest absolute Gasteiger partial charge is 0.365 e. The predicted octanol–water partition coefficient (Wildman–Crippen LogP) is 3.20. The number of rotatable bonds is 4. The highest BCUT2D eigenvalue weighted by molar-refractivity contribution is 5.91. The van der Waals surface area contributed by atoms with Gasteiger partial charge in [-0.2, -0.15) is 0 Å². The minimum Gasteiger partial charge on any atom is -0.365 e. The summed E-state index contributed by atoms with van der Waals surface area (Å²) in [5, 5.41) is 4.71. The molecule has 2 aliphatic rings. The topological polar surface area (TPSA) is 73.9 Å². The second-order valence-electron chi connectivity index (χ2n) is 7.14. The Kier molecular flexibility index (Phi) is 4.42. The Bertz CT molecular complexity index is 777. The Morgan fingerprint density at radius 1 is 1.28 bits per heavy atom. The van der Waals surface area contributed by atoms with Crippen LogP contribution < -0.4 is 5.32 Å². The minimum absolute atomic E-state index is 0.00706. The van der Waals surface area contributed by atoms with E-state index in [1.807, 2.05) is 4.90 Å². The van der Waals surface area contributed by atoms with E-state index >= 15 is 0 Å². The van der Waals surface area contributed by atoms with Crippen LogP contribution in [0.25, 0.3) is 11.0 Å². The summed E-state index contributed by atoms with van der Waals surface area (Å²) in [6, 6.07) is 0.210. The number of amides is 1. The third-order valence-corrected chi connectivity index (χ3v) is 5.54. The van der Waals surface area contributed by atoms with Gasteiger partial charge in [0.1, 0.15) is 17.8 Å². The van der Waals surface area contributed by atoms with Crippen LogP contribution in [0.15, 0.2) is 25.2 Å². The predicted molar refractivity (Wildman–Crippen MR) is 98.5 cm³/mol. The first-order chi connectivity index (χ1) is 12.3. The van der Waals surface area contributed by atoms with Crippen LogP contribution in [-0.2, 0) is 4.79 Å². The van der Waals surface area contributed by atoms with Crippen LogP contribution >= 0.6 is 0 Å². The number of hydrogen-bond donors (Lipinski definition) is 2. The number of H-pyrrole nitrogens is 1. The number of fused-ring (bicyclic) bond motifs is 1. The van der Waals surface area contributed by atoms with Crippen LogP contribution in [0.5, 0.6) is 0 Å². The lowest BCUT2D eigenvalue weighted by atomic mass is 9.97. The van der Waals surface area contributed by atoms with E-state index in [4.69, 9.17) is 0 Å². The van der Waals surface area contributed by atoms with Crippen molar-refractivity contribution in [1.82, 2.24) is 19.9 Å². The van der Waals surface area contributed by atoms with Crippen molar-refractivity contribution < 1.29 is 4.79 Å². The third-order valence-electron chi connectivity index (χ3n) is 5.54. The SMILES string of the molecule is C=CC(=O)N1CCCC(Nc2ncnc3[nH]cc(C4CCCC4)c23)C1. The highest BCUT2D eigenvalue weighted by Crippen LogP contribution is 2.39. The van der Waals surface area contributed by atoms with Crippen molar-refractivity contribution in [2.24, 2.45) is 0 Å². The van der Waals surface area contributed by atoms with Gasteiger partial charge in [-0.1, -0.05) is 19.4 Å². The smallest absolute Gasteiger partial charge is 0.246 e. The van der Waals surface area contributed by atoms with Crippen molar-refractivity contribution >= 4 is 22.8 Å². The van der Waals surface area contributed by atoms with Gasteiger partial charge in [-0.25, -0.2) is 9.97 Å². The highest BCUT2D eigenvalue weighted by atomic mass is 16.2. The number of carbonyl (C=O) groups is 1. The first kappa shape index (κ1) is 16.1. The van der Waals surface area contributed by atoms with Crippen molar-refractivity contribution in [3.8, 4) is 0 Å². The lowest BCUT2D eigenvalue weighted by Crippen LogP contribution is -2.44. The van der Waals surface area contributed by atoms with Crippen molar-refractivity contribution in [1.29, 1.82) is 0 Å². The number of aromatic amines is 1. The molecule has 0 bridgehead atoms. The zero-order valence-electron chi connectivity index (χ0n) is 14.5. The summed E-state index contributed by atoms with van der Waals surface area (Å²) in [5.74, 6) is 1.50. The lowest BCUT2D eigenvalue weighted by molar-refractivity contribution is -0.127. The van der Waals surface area contributed by atoms with Crippen LogP contribution in [0.4, 0.5) is 5.82 Å². The number of hydrogen-bond acceptors (Lipinski definition) is 4. The molecule has 1 amide bonds. The lowest BCUT2D eigenvalue weighted by Gasteiger charge is -2.33. The number of likely N-dealkylation sites (tertiary alicyclic amines) is 1. The maximum absolute atomic E-state index is 11.9. The normalized spacial score (nSPS) is 21.6. The first-order valence-corrected chi connectivity index (χ1v) is 9.26. The molecular weight excluding hydrogens is 314 g/mol. The van der Waals surface area contributed by atoms with E-state index in [-0.39, 0.29) is 11.9 Å². The molecule has 0 radical (unpaired) electrons. The molecule has 1 unspecified atom stereocenters. The van der Waals surface area contributed by atoms with Crippen molar-refractivity contribution in [2.45, 2.75) is 50.5 Å². The molecule has 6 nitrogen and oxygen atoms in total. The maximum atomic E-state index is 11.9.